The van der Waals surface area contributed by atoms with Crippen molar-refractivity contribution in [3.05, 3.63) is 29.8 Å². The van der Waals surface area contributed by atoms with E-state index < -0.39 is 0 Å². The molecule has 0 heterocycles. The summed E-state index contributed by atoms with van der Waals surface area (Å²) in [5.41, 5.74) is 2.09. The van der Waals surface area contributed by atoms with E-state index in [0.29, 0.717) is 16.7 Å². The largest absolute Gasteiger partial charge is 0.465 e. The van der Waals surface area contributed by atoms with Crippen LogP contribution < -0.4 is 4.74 Å². The van der Waals surface area contributed by atoms with Gasteiger partial charge in [-0.25, -0.2) is 0 Å². The molecule has 1 saturated carbocycles. The first-order chi connectivity index (χ1) is 14.9. The van der Waals surface area contributed by atoms with Crippen LogP contribution in [0.25, 0.3) is 0 Å². The smallest absolute Gasteiger partial charge is 0.196 e. The number of ether oxygens (including phenoxy) is 2. The van der Waals surface area contributed by atoms with Crippen LogP contribution in [0.5, 0.6) is 5.75 Å². The standard InChI is InChI=1S/C30H52O2/c1-10-22(3)17-27(20-29(7,8)9)26-12-14-28(15-13-26)32-25(6)31-21-30(11-2)18-23(4)16-24(5)19-30/h12-15,22-25,27H,10-11,16-21H2,1-9H3. The normalized spacial score (nSPS) is 27.0. The molecule has 0 bridgehead atoms. The van der Waals surface area contributed by atoms with Crippen LogP contribution in [0.15, 0.2) is 24.3 Å². The second-order valence-corrected chi connectivity index (χ2v) is 12.5. The average Bonchev–Trinajstić information content (AvgIpc) is 2.70. The fourth-order valence-corrected chi connectivity index (χ4v) is 5.99. The van der Waals surface area contributed by atoms with Gasteiger partial charge in [0.25, 0.3) is 0 Å². The quantitative estimate of drug-likeness (QED) is 0.317. The molecule has 1 aliphatic rings. The van der Waals surface area contributed by atoms with Crippen LogP contribution in [0.4, 0.5) is 0 Å². The van der Waals surface area contributed by atoms with E-state index in [2.05, 4.69) is 79.7 Å². The van der Waals surface area contributed by atoms with Crippen molar-refractivity contribution < 1.29 is 9.47 Å². The molecule has 0 N–H and O–H groups in total. The highest BCUT2D eigenvalue weighted by Gasteiger charge is 2.37. The molecule has 1 fully saturated rings. The Morgan fingerprint density at radius 2 is 1.59 bits per heavy atom. The first-order valence-corrected chi connectivity index (χ1v) is 13.3. The van der Waals surface area contributed by atoms with E-state index in [1.54, 1.807) is 0 Å². The fourth-order valence-electron chi connectivity index (χ4n) is 5.99. The monoisotopic (exact) mass is 444 g/mol. The van der Waals surface area contributed by atoms with Gasteiger partial charge in [0.2, 0.25) is 0 Å². The van der Waals surface area contributed by atoms with Gasteiger partial charge in [-0.1, -0.05) is 73.9 Å². The van der Waals surface area contributed by atoms with Crippen LogP contribution in [-0.2, 0) is 4.74 Å². The van der Waals surface area contributed by atoms with Crippen molar-refractivity contribution in [2.75, 3.05) is 6.61 Å². The van der Waals surface area contributed by atoms with Crippen molar-refractivity contribution in [3.63, 3.8) is 0 Å². The highest BCUT2D eigenvalue weighted by Crippen LogP contribution is 2.45. The van der Waals surface area contributed by atoms with Gasteiger partial charge in [-0.05, 0) is 97.6 Å². The van der Waals surface area contributed by atoms with Gasteiger partial charge in [-0.3, -0.25) is 0 Å². The summed E-state index contributed by atoms with van der Waals surface area (Å²) in [5, 5.41) is 0. The maximum Gasteiger partial charge on any atom is 0.196 e. The van der Waals surface area contributed by atoms with Crippen LogP contribution in [-0.4, -0.2) is 12.9 Å². The Kier molecular flexibility index (Phi) is 10.1. The Hall–Kier alpha value is -1.02. The topological polar surface area (TPSA) is 18.5 Å². The molecule has 2 rings (SSSR count). The number of benzene rings is 1. The number of hydrogen-bond acceptors (Lipinski definition) is 2. The van der Waals surface area contributed by atoms with Crippen LogP contribution >= 0.6 is 0 Å². The summed E-state index contributed by atoms with van der Waals surface area (Å²) < 4.78 is 12.4. The summed E-state index contributed by atoms with van der Waals surface area (Å²) in [6.45, 7) is 21.7. The van der Waals surface area contributed by atoms with Crippen molar-refractivity contribution in [3.8, 4) is 5.75 Å². The molecule has 1 aromatic carbocycles. The third kappa shape index (κ3) is 8.73. The first kappa shape index (κ1) is 27.2. The van der Waals surface area contributed by atoms with E-state index in [1.165, 1.54) is 50.5 Å². The lowest BCUT2D eigenvalue weighted by atomic mass is 9.65. The van der Waals surface area contributed by atoms with Crippen LogP contribution in [0.1, 0.15) is 119 Å². The zero-order chi connectivity index (χ0) is 23.9. The van der Waals surface area contributed by atoms with Crippen LogP contribution in [0.3, 0.4) is 0 Å². The Morgan fingerprint density at radius 1 is 1.00 bits per heavy atom. The molecule has 0 aromatic heterocycles. The zero-order valence-corrected chi connectivity index (χ0v) is 22.7. The molecular weight excluding hydrogens is 392 g/mol. The molecular formula is C30H52O2. The molecule has 2 nitrogen and oxygen atoms in total. The van der Waals surface area contributed by atoms with Gasteiger partial charge in [0, 0.05) is 0 Å². The maximum absolute atomic E-state index is 6.26. The Labute approximate surface area is 199 Å². The molecule has 5 unspecified atom stereocenters. The molecule has 0 radical (unpaired) electrons. The molecule has 2 heteroatoms. The zero-order valence-electron chi connectivity index (χ0n) is 22.7. The SMILES string of the molecule is CCC(C)CC(CC(C)(C)C)c1ccc(OC(C)OCC2(CC)CC(C)CC(C)C2)cc1. The minimum atomic E-state index is -0.220. The van der Waals surface area contributed by atoms with Crippen molar-refractivity contribution in [1.29, 1.82) is 0 Å². The van der Waals surface area contributed by atoms with Gasteiger partial charge in [0.1, 0.15) is 5.75 Å². The van der Waals surface area contributed by atoms with Crippen molar-refractivity contribution in [2.45, 2.75) is 119 Å². The second-order valence-electron chi connectivity index (χ2n) is 12.5. The van der Waals surface area contributed by atoms with Crippen LogP contribution in [0.2, 0.25) is 0 Å². The lowest BCUT2D eigenvalue weighted by Crippen LogP contribution is -2.37. The lowest BCUT2D eigenvalue weighted by molar-refractivity contribution is -0.113. The maximum atomic E-state index is 6.26. The van der Waals surface area contributed by atoms with Crippen molar-refractivity contribution >= 4 is 0 Å². The predicted octanol–water partition coefficient (Wildman–Crippen LogP) is 9.24. The summed E-state index contributed by atoms with van der Waals surface area (Å²) in [7, 11) is 0. The molecule has 5 atom stereocenters. The Bertz CT molecular complexity index is 646. The molecule has 32 heavy (non-hydrogen) atoms. The van der Waals surface area contributed by atoms with Gasteiger partial charge in [0.15, 0.2) is 6.29 Å². The summed E-state index contributed by atoms with van der Waals surface area (Å²) in [4.78, 5) is 0. The van der Waals surface area contributed by atoms with E-state index in [4.69, 9.17) is 9.47 Å². The minimum absolute atomic E-state index is 0.220. The van der Waals surface area contributed by atoms with Gasteiger partial charge < -0.3 is 9.47 Å². The molecule has 1 aliphatic carbocycles. The molecule has 184 valence electrons. The van der Waals surface area contributed by atoms with Gasteiger partial charge in [0.05, 0.1) is 6.61 Å². The van der Waals surface area contributed by atoms with E-state index in [-0.39, 0.29) is 6.29 Å². The van der Waals surface area contributed by atoms with Gasteiger partial charge in [-0.15, -0.1) is 0 Å². The highest BCUT2D eigenvalue weighted by molar-refractivity contribution is 5.29. The number of rotatable bonds is 11. The molecule has 0 aliphatic heterocycles. The summed E-state index contributed by atoms with van der Waals surface area (Å²) >= 11 is 0. The number of hydrogen-bond donors (Lipinski definition) is 0. The third-order valence-electron chi connectivity index (χ3n) is 7.64. The van der Waals surface area contributed by atoms with E-state index in [9.17, 15) is 0 Å². The summed E-state index contributed by atoms with van der Waals surface area (Å²) in [6, 6.07) is 8.83. The fraction of sp³-hybridized carbons (Fsp3) is 0.800. The van der Waals surface area contributed by atoms with Gasteiger partial charge >= 0.3 is 0 Å². The van der Waals surface area contributed by atoms with Crippen molar-refractivity contribution in [1.82, 2.24) is 0 Å². The van der Waals surface area contributed by atoms with Gasteiger partial charge in [-0.2, -0.15) is 0 Å². The molecule has 1 aromatic rings. The van der Waals surface area contributed by atoms with Crippen LogP contribution in [0, 0.1) is 28.6 Å². The molecule has 0 spiro atoms. The summed E-state index contributed by atoms with van der Waals surface area (Å²) in [6.07, 6.45) is 8.59. The average molecular weight is 445 g/mol. The first-order valence-electron chi connectivity index (χ1n) is 13.3. The van der Waals surface area contributed by atoms with E-state index >= 15 is 0 Å². The molecule has 0 amide bonds. The lowest BCUT2D eigenvalue weighted by Gasteiger charge is -2.42. The Balaban J connectivity index is 1.96. The molecule has 0 saturated heterocycles. The minimum Gasteiger partial charge on any atom is -0.465 e. The van der Waals surface area contributed by atoms with E-state index in [0.717, 1.165) is 30.1 Å². The second kappa shape index (κ2) is 11.9. The predicted molar refractivity (Wildman–Crippen MR) is 138 cm³/mol. The van der Waals surface area contributed by atoms with Crippen molar-refractivity contribution in [2.24, 2.45) is 28.6 Å². The Morgan fingerprint density at radius 3 is 2.09 bits per heavy atom. The highest BCUT2D eigenvalue weighted by atomic mass is 16.7. The van der Waals surface area contributed by atoms with E-state index in [1.807, 2.05) is 6.92 Å². The summed E-state index contributed by atoms with van der Waals surface area (Å²) in [5.74, 6) is 3.86. The third-order valence-corrected chi connectivity index (χ3v) is 7.64.